The normalized spacial score (nSPS) is 18.3. The lowest BCUT2D eigenvalue weighted by Gasteiger charge is -2.36. The smallest absolute Gasteiger partial charge is 0.338 e. The van der Waals surface area contributed by atoms with Crippen LogP contribution in [0.25, 0.3) is 11.1 Å². The molecule has 0 spiro atoms. The third-order valence-electron chi connectivity index (χ3n) is 9.11. The molecule has 3 aliphatic rings. The summed E-state index contributed by atoms with van der Waals surface area (Å²) in [6.45, 7) is 2.68. The van der Waals surface area contributed by atoms with Crippen LogP contribution in [0.4, 0.5) is 25.2 Å². The Hall–Kier alpha value is -5.08. The first-order chi connectivity index (χ1) is 22.6. The Kier molecular flexibility index (Phi) is 9.05. The van der Waals surface area contributed by atoms with E-state index in [2.05, 4.69) is 25.7 Å². The number of halogens is 2. The SMILES string of the molecule is CNC(=O)N1CCC(NC2CCN(c3ncc(C(=O)O)cn3)CC2)=C(C(N)=[N+]2CCCc3cc(-c4cnn(C)c4)c(C(F)F)cc32)C1. The molecule has 1 aromatic carbocycles. The number of nitrogens with two attached hydrogens (primary N) is 1. The minimum absolute atomic E-state index is 0.0393. The molecule has 3 aliphatic heterocycles. The zero-order valence-corrected chi connectivity index (χ0v) is 26.4. The number of aromatic carboxylic acids is 1. The summed E-state index contributed by atoms with van der Waals surface area (Å²) in [4.78, 5) is 36.0. The van der Waals surface area contributed by atoms with Gasteiger partial charge in [-0.15, -0.1) is 0 Å². The van der Waals surface area contributed by atoms with Crippen molar-refractivity contribution in [2.24, 2.45) is 12.8 Å². The number of urea groups is 1. The molecule has 3 aromatic rings. The van der Waals surface area contributed by atoms with Crippen molar-refractivity contribution in [2.45, 2.75) is 44.6 Å². The van der Waals surface area contributed by atoms with Gasteiger partial charge in [0, 0.05) is 81.6 Å². The molecule has 0 radical (unpaired) electrons. The number of carboxylic acids is 1. The number of fused-ring (bicyclic) bond motifs is 1. The maximum Gasteiger partial charge on any atom is 0.338 e. The van der Waals surface area contributed by atoms with E-state index >= 15 is 0 Å². The van der Waals surface area contributed by atoms with Gasteiger partial charge in [0.1, 0.15) is 5.69 Å². The molecule has 5 heterocycles. The van der Waals surface area contributed by atoms with Crippen LogP contribution in [0.1, 0.15) is 53.6 Å². The Morgan fingerprint density at radius 3 is 2.49 bits per heavy atom. The summed E-state index contributed by atoms with van der Waals surface area (Å²) in [7, 11) is 3.35. The third-order valence-corrected chi connectivity index (χ3v) is 9.11. The number of anilines is 1. The van der Waals surface area contributed by atoms with Crippen LogP contribution in [0, 0.1) is 0 Å². The Balaban J connectivity index is 1.30. The molecule has 2 amide bonds. The molecule has 2 aromatic heterocycles. The van der Waals surface area contributed by atoms with Gasteiger partial charge in [-0.05, 0) is 48.9 Å². The van der Waals surface area contributed by atoms with Crippen molar-refractivity contribution in [3.05, 3.63) is 64.9 Å². The lowest BCUT2D eigenvalue weighted by Crippen LogP contribution is -2.49. The predicted octanol–water partition coefficient (Wildman–Crippen LogP) is 3.02. The summed E-state index contributed by atoms with van der Waals surface area (Å²) in [6, 6.07) is 3.31. The fraction of sp³-hybridized carbons (Fsp3) is 0.438. The second-order valence-corrected chi connectivity index (χ2v) is 12.1. The first-order valence-electron chi connectivity index (χ1n) is 15.7. The lowest BCUT2D eigenvalue weighted by atomic mass is 9.93. The van der Waals surface area contributed by atoms with Crippen LogP contribution >= 0.6 is 0 Å². The van der Waals surface area contributed by atoms with Crippen molar-refractivity contribution in [1.29, 1.82) is 0 Å². The summed E-state index contributed by atoms with van der Waals surface area (Å²) in [6.07, 6.45) is 6.90. The summed E-state index contributed by atoms with van der Waals surface area (Å²) < 4.78 is 32.5. The molecule has 15 heteroatoms. The zero-order chi connectivity index (χ0) is 33.2. The van der Waals surface area contributed by atoms with Crippen LogP contribution in [0.15, 0.2) is 48.2 Å². The van der Waals surface area contributed by atoms with Crippen LogP contribution in [0.3, 0.4) is 0 Å². The number of aryl methyl sites for hydroxylation is 2. The third kappa shape index (κ3) is 6.60. The molecule has 248 valence electrons. The molecule has 1 fully saturated rings. The van der Waals surface area contributed by atoms with Crippen LogP contribution in [-0.4, -0.2) is 98.0 Å². The highest BCUT2D eigenvalue weighted by atomic mass is 19.3. The molecule has 0 unspecified atom stereocenters. The zero-order valence-electron chi connectivity index (χ0n) is 26.4. The molecule has 0 aliphatic carbocycles. The van der Waals surface area contributed by atoms with Crippen molar-refractivity contribution in [1.82, 2.24) is 35.3 Å². The summed E-state index contributed by atoms with van der Waals surface area (Å²) in [5.41, 5.74) is 11.3. The standard InChI is InChI=1S/C32H38F2N10O3/c1-36-32(47)43-11-7-26(40-22-5-9-42(10-6-22)31-37-14-20(15-38-31)30(45)46)25(18-43)29(35)44-8-3-4-19-12-23(21-16-39-41(2)17-21)24(28(33)34)13-27(19)44/h12-17,22,28H,3-11,18H2,1-2H3,(H4,35,36,40,45,46,47)/p+1. The molecule has 1 saturated heterocycles. The molecular weight excluding hydrogens is 610 g/mol. The van der Waals surface area contributed by atoms with Crippen LogP contribution in [0.2, 0.25) is 0 Å². The van der Waals surface area contributed by atoms with Gasteiger partial charge in [0.15, 0.2) is 0 Å². The number of hydrogen-bond acceptors (Lipinski definition) is 7. The van der Waals surface area contributed by atoms with E-state index in [0.717, 1.165) is 42.5 Å². The highest BCUT2D eigenvalue weighted by Gasteiger charge is 2.33. The minimum Gasteiger partial charge on any atom is -0.478 e. The van der Waals surface area contributed by atoms with E-state index in [1.807, 2.05) is 15.5 Å². The molecular formula is C32H39F2N10O3+. The van der Waals surface area contributed by atoms with Crippen molar-refractivity contribution in [3.8, 4) is 11.1 Å². The van der Waals surface area contributed by atoms with Crippen molar-refractivity contribution in [3.63, 3.8) is 0 Å². The van der Waals surface area contributed by atoms with Crippen molar-refractivity contribution in [2.75, 3.05) is 44.7 Å². The molecule has 0 bridgehead atoms. The number of aromatic nitrogens is 4. The number of carbonyl (C=O) groups excluding carboxylic acids is 1. The van der Waals surface area contributed by atoms with E-state index in [1.165, 1.54) is 12.4 Å². The minimum atomic E-state index is -2.69. The maximum atomic E-state index is 14.5. The van der Waals surface area contributed by atoms with Gasteiger partial charge in [-0.3, -0.25) is 10.4 Å². The fourth-order valence-corrected chi connectivity index (χ4v) is 6.61. The van der Waals surface area contributed by atoms with Gasteiger partial charge in [0.2, 0.25) is 5.95 Å². The van der Waals surface area contributed by atoms with Crippen LogP contribution in [-0.2, 0) is 13.5 Å². The number of piperidine rings is 1. The van der Waals surface area contributed by atoms with Crippen LogP contribution < -0.4 is 21.3 Å². The number of nitrogens with zero attached hydrogens (tertiary/aromatic N) is 7. The molecule has 47 heavy (non-hydrogen) atoms. The number of carbonyl (C=O) groups is 2. The highest BCUT2D eigenvalue weighted by molar-refractivity contribution is 5.96. The van der Waals surface area contributed by atoms with E-state index in [9.17, 15) is 18.4 Å². The highest BCUT2D eigenvalue weighted by Crippen LogP contribution is 2.38. The lowest BCUT2D eigenvalue weighted by molar-refractivity contribution is -0.447. The monoisotopic (exact) mass is 649 g/mol. The molecule has 0 atom stereocenters. The number of amidine groups is 1. The average Bonchev–Trinajstić information content (AvgIpc) is 3.53. The summed E-state index contributed by atoms with van der Waals surface area (Å²) in [5.74, 6) is -0.136. The second kappa shape index (κ2) is 13.3. The Morgan fingerprint density at radius 2 is 1.85 bits per heavy atom. The number of benzene rings is 1. The number of rotatable bonds is 7. The van der Waals surface area contributed by atoms with Crippen molar-refractivity contribution < 1.29 is 28.1 Å². The summed E-state index contributed by atoms with van der Waals surface area (Å²) >= 11 is 0. The van der Waals surface area contributed by atoms with Crippen molar-refractivity contribution >= 4 is 29.5 Å². The van der Waals surface area contributed by atoms with E-state index < -0.39 is 12.4 Å². The van der Waals surface area contributed by atoms with E-state index in [1.54, 1.807) is 42.1 Å². The van der Waals surface area contributed by atoms with Gasteiger partial charge in [-0.1, -0.05) is 0 Å². The topological polar surface area (TPSA) is 158 Å². The average molecular weight is 650 g/mol. The molecule has 13 nitrogen and oxygen atoms in total. The first-order valence-corrected chi connectivity index (χ1v) is 15.7. The van der Waals surface area contributed by atoms with Crippen LogP contribution in [0.5, 0.6) is 0 Å². The number of nitrogens with one attached hydrogen (secondary N) is 2. The molecule has 0 saturated carbocycles. The molecule has 5 N–H and O–H groups in total. The van der Waals surface area contributed by atoms with Gasteiger partial charge in [-0.2, -0.15) is 5.10 Å². The predicted molar refractivity (Wildman–Crippen MR) is 171 cm³/mol. The maximum absolute atomic E-state index is 14.5. The number of amides is 2. The summed E-state index contributed by atoms with van der Waals surface area (Å²) in [5, 5.41) is 19.7. The van der Waals surface area contributed by atoms with E-state index in [0.29, 0.717) is 61.2 Å². The largest absolute Gasteiger partial charge is 0.478 e. The van der Waals surface area contributed by atoms with Gasteiger partial charge >= 0.3 is 12.0 Å². The molecule has 6 rings (SSSR count). The number of carboxylic acid groups (broad SMARTS) is 1. The van der Waals surface area contributed by atoms with Gasteiger partial charge in [-0.25, -0.2) is 32.9 Å². The first kappa shape index (κ1) is 31.9. The Morgan fingerprint density at radius 1 is 1.11 bits per heavy atom. The number of alkyl halides is 2. The number of hydrogen-bond donors (Lipinski definition) is 4. The van der Waals surface area contributed by atoms with Gasteiger partial charge < -0.3 is 25.5 Å². The fourth-order valence-electron chi connectivity index (χ4n) is 6.61. The Labute approximate surface area is 270 Å². The quantitative estimate of drug-likeness (QED) is 0.223. The second-order valence-electron chi connectivity index (χ2n) is 12.1. The van der Waals surface area contributed by atoms with E-state index in [-0.39, 0.29) is 29.7 Å². The Bertz CT molecular complexity index is 1730. The van der Waals surface area contributed by atoms with Gasteiger partial charge in [0.05, 0.1) is 30.4 Å². The van der Waals surface area contributed by atoms with Gasteiger partial charge in [0.25, 0.3) is 12.3 Å². The van der Waals surface area contributed by atoms with E-state index in [4.69, 9.17) is 10.8 Å².